The molecule has 0 aromatic carbocycles. The molecule has 1 rings (SSSR count). The van der Waals surface area contributed by atoms with Crippen LogP contribution < -0.4 is 10.5 Å². The van der Waals surface area contributed by atoms with Gasteiger partial charge in [-0.3, -0.25) is 4.98 Å². The smallest absolute Gasteiger partial charge is 0.137 e. The molecule has 4 heteroatoms. The predicted molar refractivity (Wildman–Crippen MR) is 75.7 cm³/mol. The predicted octanol–water partition coefficient (Wildman–Crippen LogP) is 2.68. The van der Waals surface area contributed by atoms with Crippen LogP contribution in [0.25, 0.3) is 0 Å². The summed E-state index contributed by atoms with van der Waals surface area (Å²) in [5, 5.41) is 8.90. The standard InChI is InChI=1S/C15H23N3O/c1-12(17)9-13-5-6-14(10-18-13)19-8-4-7-15(2,3)11-16/h5-6,10,12H,4,7-9,17H2,1-3H3. The van der Waals surface area contributed by atoms with Crippen LogP contribution in [0.1, 0.15) is 39.3 Å². The van der Waals surface area contributed by atoms with Crippen molar-refractivity contribution in [2.75, 3.05) is 6.61 Å². The lowest BCUT2D eigenvalue weighted by atomic mass is 9.90. The average Bonchev–Trinajstić information content (AvgIpc) is 2.36. The van der Waals surface area contributed by atoms with Crippen molar-refractivity contribution in [2.45, 2.75) is 46.1 Å². The highest BCUT2D eigenvalue weighted by Gasteiger charge is 2.15. The van der Waals surface area contributed by atoms with Gasteiger partial charge in [-0.05, 0) is 45.7 Å². The molecule has 0 aliphatic carbocycles. The molecule has 0 aliphatic heterocycles. The molecule has 0 radical (unpaired) electrons. The van der Waals surface area contributed by atoms with Crippen molar-refractivity contribution in [1.82, 2.24) is 4.98 Å². The maximum Gasteiger partial charge on any atom is 0.137 e. The lowest BCUT2D eigenvalue weighted by Gasteiger charge is -2.14. The van der Waals surface area contributed by atoms with Crippen LogP contribution in [0.5, 0.6) is 5.75 Å². The molecule has 2 N–H and O–H groups in total. The zero-order valence-corrected chi connectivity index (χ0v) is 12.0. The molecular weight excluding hydrogens is 238 g/mol. The second-order valence-electron chi connectivity index (χ2n) is 5.61. The fraction of sp³-hybridized carbons (Fsp3) is 0.600. The number of nitrogens with two attached hydrogens (primary N) is 1. The largest absolute Gasteiger partial charge is 0.492 e. The summed E-state index contributed by atoms with van der Waals surface area (Å²) in [6.45, 7) is 6.46. The monoisotopic (exact) mass is 261 g/mol. The molecule has 0 aliphatic rings. The fourth-order valence-electron chi connectivity index (χ4n) is 1.71. The second-order valence-corrected chi connectivity index (χ2v) is 5.61. The normalized spacial score (nSPS) is 12.8. The van der Waals surface area contributed by atoms with E-state index in [-0.39, 0.29) is 11.5 Å². The third kappa shape index (κ3) is 6.21. The zero-order valence-electron chi connectivity index (χ0n) is 12.0. The summed E-state index contributed by atoms with van der Waals surface area (Å²) in [7, 11) is 0. The Bertz CT molecular complexity index is 418. The van der Waals surface area contributed by atoms with Gasteiger partial charge in [0.1, 0.15) is 5.75 Å². The summed E-state index contributed by atoms with van der Waals surface area (Å²) in [6.07, 6.45) is 4.20. The number of aromatic nitrogens is 1. The first-order valence-electron chi connectivity index (χ1n) is 6.67. The van der Waals surface area contributed by atoms with Crippen LogP contribution in [0.15, 0.2) is 18.3 Å². The Hall–Kier alpha value is -1.60. The summed E-state index contributed by atoms with van der Waals surface area (Å²) in [5.41, 5.74) is 6.42. The van der Waals surface area contributed by atoms with Gasteiger partial charge < -0.3 is 10.5 Å². The SMILES string of the molecule is CC(N)Cc1ccc(OCCCC(C)(C)C#N)cn1. The summed E-state index contributed by atoms with van der Waals surface area (Å²) >= 11 is 0. The molecule has 104 valence electrons. The van der Waals surface area contributed by atoms with Crippen LogP contribution in [0.2, 0.25) is 0 Å². The van der Waals surface area contributed by atoms with Crippen LogP contribution >= 0.6 is 0 Å². The molecule has 1 atom stereocenters. The quantitative estimate of drug-likeness (QED) is 0.766. The molecular formula is C15H23N3O. The number of hydrogen-bond acceptors (Lipinski definition) is 4. The van der Waals surface area contributed by atoms with Crippen LogP contribution in [0, 0.1) is 16.7 Å². The molecule has 0 amide bonds. The minimum Gasteiger partial charge on any atom is -0.492 e. The van der Waals surface area contributed by atoms with Gasteiger partial charge in [0, 0.05) is 18.2 Å². The highest BCUT2D eigenvalue weighted by molar-refractivity contribution is 5.20. The van der Waals surface area contributed by atoms with Crippen molar-refractivity contribution < 1.29 is 4.74 Å². The summed E-state index contributed by atoms with van der Waals surface area (Å²) in [5.74, 6) is 0.767. The zero-order chi connectivity index (χ0) is 14.3. The van der Waals surface area contributed by atoms with Gasteiger partial charge in [0.15, 0.2) is 0 Å². The number of rotatable bonds is 7. The Labute approximate surface area is 115 Å². The maximum atomic E-state index is 8.90. The van der Waals surface area contributed by atoms with Crippen LogP contribution in [0.4, 0.5) is 0 Å². The van der Waals surface area contributed by atoms with Crippen molar-refractivity contribution in [2.24, 2.45) is 11.1 Å². The van der Waals surface area contributed by atoms with E-state index in [1.54, 1.807) is 6.20 Å². The fourth-order valence-corrected chi connectivity index (χ4v) is 1.71. The van der Waals surface area contributed by atoms with Crippen LogP contribution in [-0.2, 0) is 6.42 Å². The van der Waals surface area contributed by atoms with Crippen molar-refractivity contribution in [3.63, 3.8) is 0 Å². The van der Waals surface area contributed by atoms with E-state index in [4.69, 9.17) is 15.7 Å². The number of ether oxygens (including phenoxy) is 1. The van der Waals surface area contributed by atoms with Gasteiger partial charge in [-0.1, -0.05) is 0 Å². The van der Waals surface area contributed by atoms with Gasteiger partial charge in [0.25, 0.3) is 0 Å². The van der Waals surface area contributed by atoms with Crippen molar-refractivity contribution in [3.05, 3.63) is 24.0 Å². The lowest BCUT2D eigenvalue weighted by molar-refractivity contribution is 0.283. The Balaban J connectivity index is 2.33. The second kappa shape index (κ2) is 7.10. The molecule has 1 aromatic rings. The van der Waals surface area contributed by atoms with Crippen LogP contribution in [-0.4, -0.2) is 17.6 Å². The Morgan fingerprint density at radius 1 is 1.47 bits per heavy atom. The molecule has 0 spiro atoms. The number of hydrogen-bond donors (Lipinski definition) is 1. The minimum absolute atomic E-state index is 0.118. The molecule has 4 nitrogen and oxygen atoms in total. The van der Waals surface area contributed by atoms with Crippen molar-refractivity contribution in [3.8, 4) is 11.8 Å². The summed E-state index contributed by atoms with van der Waals surface area (Å²) < 4.78 is 5.60. The first-order valence-corrected chi connectivity index (χ1v) is 6.67. The van der Waals surface area contributed by atoms with E-state index in [0.29, 0.717) is 6.61 Å². The van der Waals surface area contributed by atoms with E-state index in [1.807, 2.05) is 32.9 Å². The first kappa shape index (κ1) is 15.5. The molecule has 1 heterocycles. The van der Waals surface area contributed by atoms with Crippen molar-refractivity contribution >= 4 is 0 Å². The third-order valence-electron chi connectivity index (χ3n) is 2.85. The van der Waals surface area contributed by atoms with E-state index in [0.717, 1.165) is 30.7 Å². The third-order valence-corrected chi connectivity index (χ3v) is 2.85. The number of nitriles is 1. The number of nitrogens with zero attached hydrogens (tertiary/aromatic N) is 2. The highest BCUT2D eigenvalue weighted by Crippen LogP contribution is 2.20. The molecule has 0 saturated carbocycles. The molecule has 1 aromatic heterocycles. The number of pyridine rings is 1. The van der Waals surface area contributed by atoms with E-state index in [2.05, 4.69) is 11.1 Å². The molecule has 19 heavy (non-hydrogen) atoms. The first-order chi connectivity index (χ1) is 8.93. The minimum atomic E-state index is -0.275. The average molecular weight is 261 g/mol. The van der Waals surface area contributed by atoms with Gasteiger partial charge >= 0.3 is 0 Å². The van der Waals surface area contributed by atoms with Crippen LogP contribution in [0.3, 0.4) is 0 Å². The van der Waals surface area contributed by atoms with Gasteiger partial charge in [0.2, 0.25) is 0 Å². The van der Waals surface area contributed by atoms with Gasteiger partial charge in [-0.15, -0.1) is 0 Å². The lowest BCUT2D eigenvalue weighted by Crippen LogP contribution is -2.18. The molecule has 0 bridgehead atoms. The summed E-state index contributed by atoms with van der Waals surface area (Å²) in [4.78, 5) is 4.31. The Morgan fingerprint density at radius 3 is 2.74 bits per heavy atom. The van der Waals surface area contributed by atoms with E-state index < -0.39 is 0 Å². The maximum absolute atomic E-state index is 8.90. The Morgan fingerprint density at radius 2 is 2.21 bits per heavy atom. The Kier molecular flexibility index (Phi) is 5.78. The van der Waals surface area contributed by atoms with Gasteiger partial charge in [-0.25, -0.2) is 0 Å². The molecule has 0 fully saturated rings. The topological polar surface area (TPSA) is 71.9 Å². The van der Waals surface area contributed by atoms with Crippen molar-refractivity contribution in [1.29, 1.82) is 5.26 Å². The van der Waals surface area contributed by atoms with E-state index in [9.17, 15) is 0 Å². The van der Waals surface area contributed by atoms with Gasteiger partial charge in [-0.2, -0.15) is 5.26 Å². The van der Waals surface area contributed by atoms with E-state index >= 15 is 0 Å². The molecule has 1 unspecified atom stereocenters. The highest BCUT2D eigenvalue weighted by atomic mass is 16.5. The summed E-state index contributed by atoms with van der Waals surface area (Å²) in [6, 6.07) is 6.26. The van der Waals surface area contributed by atoms with E-state index in [1.165, 1.54) is 0 Å². The van der Waals surface area contributed by atoms with Gasteiger partial charge in [0.05, 0.1) is 24.3 Å². The molecule has 0 saturated heterocycles.